The van der Waals surface area contributed by atoms with Crippen LogP contribution in [-0.2, 0) is 17.8 Å². The van der Waals surface area contributed by atoms with Crippen LogP contribution >= 0.6 is 0 Å². The maximum absolute atomic E-state index is 13.1. The first-order valence-corrected chi connectivity index (χ1v) is 12.2. The molecule has 0 aliphatic carbocycles. The van der Waals surface area contributed by atoms with Gasteiger partial charge in [-0.05, 0) is 61.2 Å². The van der Waals surface area contributed by atoms with Gasteiger partial charge in [0.15, 0.2) is 0 Å². The molecule has 35 heavy (non-hydrogen) atoms. The smallest absolute Gasteiger partial charge is 0.227 e. The zero-order valence-corrected chi connectivity index (χ0v) is 20.4. The van der Waals surface area contributed by atoms with Crippen LogP contribution in [0.5, 0.6) is 5.75 Å². The molecule has 178 valence electrons. The summed E-state index contributed by atoms with van der Waals surface area (Å²) in [5.41, 5.74) is 6.43. The Morgan fingerprint density at radius 1 is 1.09 bits per heavy atom. The van der Waals surface area contributed by atoms with Crippen LogP contribution in [0.15, 0.2) is 79.4 Å². The monoisotopic (exact) mass is 465 g/mol. The average Bonchev–Trinajstić information content (AvgIpc) is 3.42. The Labute approximate surface area is 206 Å². The summed E-state index contributed by atoms with van der Waals surface area (Å²) in [6, 6.07) is 22.5. The van der Waals surface area contributed by atoms with Crippen molar-refractivity contribution in [1.82, 2.24) is 9.55 Å². The van der Waals surface area contributed by atoms with Crippen molar-refractivity contribution >= 4 is 22.6 Å². The Balaban J connectivity index is 1.41. The zero-order chi connectivity index (χ0) is 24.4. The van der Waals surface area contributed by atoms with Crippen molar-refractivity contribution in [2.75, 3.05) is 18.1 Å². The minimum atomic E-state index is 0.0304. The molecule has 1 atom stereocenters. The molecule has 1 aliphatic rings. The molecule has 3 aromatic carbocycles. The number of hydrogen-bond donors (Lipinski definition) is 0. The van der Waals surface area contributed by atoms with Crippen LogP contribution in [0, 0.1) is 13.8 Å². The molecule has 2 heterocycles. The molecule has 1 aromatic heterocycles. The third-order valence-corrected chi connectivity index (χ3v) is 6.74. The lowest BCUT2D eigenvalue weighted by Crippen LogP contribution is -2.25. The van der Waals surface area contributed by atoms with Crippen molar-refractivity contribution in [3.63, 3.8) is 0 Å². The number of benzene rings is 3. The van der Waals surface area contributed by atoms with Crippen molar-refractivity contribution in [2.45, 2.75) is 39.2 Å². The number of aromatic nitrogens is 2. The number of imidazole rings is 1. The summed E-state index contributed by atoms with van der Waals surface area (Å²) >= 11 is 0. The second kappa shape index (κ2) is 9.79. The lowest BCUT2D eigenvalue weighted by molar-refractivity contribution is -0.117. The Kier molecular flexibility index (Phi) is 6.41. The van der Waals surface area contributed by atoms with Crippen molar-refractivity contribution in [2.24, 2.45) is 0 Å². The first-order valence-electron chi connectivity index (χ1n) is 12.2. The number of allylic oxidation sites excluding steroid dienone is 1. The van der Waals surface area contributed by atoms with Crippen molar-refractivity contribution in [1.29, 1.82) is 0 Å². The highest BCUT2D eigenvalue weighted by atomic mass is 16.5. The molecule has 1 saturated heterocycles. The van der Waals surface area contributed by atoms with E-state index in [1.54, 1.807) is 0 Å². The van der Waals surface area contributed by atoms with E-state index in [1.807, 2.05) is 47.4 Å². The van der Waals surface area contributed by atoms with Crippen molar-refractivity contribution in [3.8, 4) is 5.75 Å². The molecule has 0 radical (unpaired) electrons. The van der Waals surface area contributed by atoms with Gasteiger partial charge < -0.3 is 14.2 Å². The van der Waals surface area contributed by atoms with Gasteiger partial charge in [0.05, 0.1) is 17.6 Å². The number of aryl methyl sites for hydroxylation is 2. The molecular formula is C30H31N3O2. The maximum atomic E-state index is 13.1. The Morgan fingerprint density at radius 3 is 2.74 bits per heavy atom. The molecule has 1 amide bonds. The van der Waals surface area contributed by atoms with Gasteiger partial charge in [-0.25, -0.2) is 4.98 Å². The van der Waals surface area contributed by atoms with Gasteiger partial charge in [-0.1, -0.05) is 48.5 Å². The van der Waals surface area contributed by atoms with E-state index in [0.717, 1.165) is 51.4 Å². The van der Waals surface area contributed by atoms with Crippen LogP contribution in [0.25, 0.3) is 11.0 Å². The minimum absolute atomic E-state index is 0.0304. The molecule has 1 unspecified atom stereocenters. The summed E-state index contributed by atoms with van der Waals surface area (Å²) in [5, 5.41) is 0. The largest absolute Gasteiger partial charge is 0.491 e. The first kappa shape index (κ1) is 22.9. The standard InChI is InChI=1S/C30H31N3O2/c1-4-9-23-10-5-8-13-28(23)35-17-16-32-26-12-7-6-11-25(26)31-30(32)24-19-29(34)33(20-24)27-18-21(2)14-15-22(27)3/h4-8,10-15,18,24H,1,9,16-17,19-20H2,2-3H3. The Morgan fingerprint density at radius 2 is 1.89 bits per heavy atom. The zero-order valence-electron chi connectivity index (χ0n) is 20.4. The van der Waals surface area contributed by atoms with E-state index in [9.17, 15) is 4.79 Å². The molecule has 0 saturated carbocycles. The fourth-order valence-corrected chi connectivity index (χ4v) is 4.98. The van der Waals surface area contributed by atoms with Gasteiger partial charge >= 0.3 is 0 Å². The molecule has 1 fully saturated rings. The number of nitrogens with zero attached hydrogens (tertiary/aromatic N) is 3. The second-order valence-electron chi connectivity index (χ2n) is 9.25. The van der Waals surface area contributed by atoms with Crippen LogP contribution in [0.1, 0.15) is 34.9 Å². The number of rotatable bonds is 8. The SMILES string of the molecule is C=CCc1ccccc1OCCn1c(C2CC(=O)N(c3cc(C)ccc3C)C2)nc2ccccc21. The molecule has 5 nitrogen and oxygen atoms in total. The van der Waals surface area contributed by atoms with Crippen molar-refractivity contribution in [3.05, 3.63) is 102 Å². The van der Waals surface area contributed by atoms with Gasteiger partial charge in [-0.15, -0.1) is 6.58 Å². The van der Waals surface area contributed by atoms with Gasteiger partial charge in [0.1, 0.15) is 18.2 Å². The van der Waals surface area contributed by atoms with Gasteiger partial charge in [0, 0.05) is 24.6 Å². The third-order valence-electron chi connectivity index (χ3n) is 6.74. The molecule has 0 spiro atoms. The normalized spacial score (nSPS) is 15.7. The Bertz CT molecular complexity index is 1390. The number of anilines is 1. The van der Waals surface area contributed by atoms with E-state index in [-0.39, 0.29) is 11.8 Å². The molecule has 0 bridgehead atoms. The molecular weight excluding hydrogens is 434 g/mol. The highest BCUT2D eigenvalue weighted by molar-refractivity contribution is 5.97. The highest BCUT2D eigenvalue weighted by Crippen LogP contribution is 2.35. The van der Waals surface area contributed by atoms with E-state index in [0.29, 0.717) is 26.1 Å². The quantitative estimate of drug-likeness (QED) is 0.301. The van der Waals surface area contributed by atoms with E-state index in [1.165, 1.54) is 0 Å². The van der Waals surface area contributed by atoms with Gasteiger partial charge in [0.25, 0.3) is 0 Å². The molecule has 5 rings (SSSR count). The predicted molar refractivity (Wildman–Crippen MR) is 141 cm³/mol. The molecule has 5 heteroatoms. The summed E-state index contributed by atoms with van der Waals surface area (Å²) in [6.45, 7) is 9.79. The summed E-state index contributed by atoms with van der Waals surface area (Å²) < 4.78 is 8.43. The number of ether oxygens (including phenoxy) is 1. The molecule has 1 aliphatic heterocycles. The van der Waals surface area contributed by atoms with E-state index in [2.05, 4.69) is 55.3 Å². The van der Waals surface area contributed by atoms with Gasteiger partial charge in [-0.3, -0.25) is 4.79 Å². The topological polar surface area (TPSA) is 47.4 Å². The number of carbonyl (C=O) groups is 1. The number of amides is 1. The Hall–Kier alpha value is -3.86. The highest BCUT2D eigenvalue weighted by Gasteiger charge is 2.35. The summed E-state index contributed by atoms with van der Waals surface area (Å²) in [7, 11) is 0. The summed E-state index contributed by atoms with van der Waals surface area (Å²) in [6.07, 6.45) is 3.12. The lowest BCUT2D eigenvalue weighted by Gasteiger charge is -2.20. The fraction of sp³-hybridized carbons (Fsp3) is 0.267. The maximum Gasteiger partial charge on any atom is 0.227 e. The van der Waals surface area contributed by atoms with Crippen molar-refractivity contribution < 1.29 is 9.53 Å². The van der Waals surface area contributed by atoms with Gasteiger partial charge in [-0.2, -0.15) is 0 Å². The predicted octanol–water partition coefficient (Wildman–Crippen LogP) is 5.98. The molecule has 0 N–H and O–H groups in total. The van der Waals surface area contributed by atoms with Crippen LogP contribution in [0.3, 0.4) is 0 Å². The number of carbonyl (C=O) groups excluding carboxylic acids is 1. The van der Waals surface area contributed by atoms with Gasteiger partial charge in [0.2, 0.25) is 5.91 Å². The van der Waals surface area contributed by atoms with Crippen LogP contribution in [0.2, 0.25) is 0 Å². The first-order chi connectivity index (χ1) is 17.0. The number of para-hydroxylation sites is 3. The lowest BCUT2D eigenvalue weighted by atomic mass is 10.1. The summed E-state index contributed by atoms with van der Waals surface area (Å²) in [4.78, 5) is 20.0. The number of fused-ring (bicyclic) bond motifs is 1. The minimum Gasteiger partial charge on any atom is -0.491 e. The molecule has 4 aromatic rings. The summed E-state index contributed by atoms with van der Waals surface area (Å²) in [5.74, 6) is 2.02. The van der Waals surface area contributed by atoms with Crippen LogP contribution < -0.4 is 9.64 Å². The number of hydrogen-bond acceptors (Lipinski definition) is 3. The van der Waals surface area contributed by atoms with E-state index >= 15 is 0 Å². The van der Waals surface area contributed by atoms with Crippen LogP contribution in [0.4, 0.5) is 5.69 Å². The van der Waals surface area contributed by atoms with Crippen LogP contribution in [-0.4, -0.2) is 28.6 Å². The second-order valence-corrected chi connectivity index (χ2v) is 9.25. The third kappa shape index (κ3) is 4.59. The van der Waals surface area contributed by atoms with E-state index < -0.39 is 0 Å². The van der Waals surface area contributed by atoms with E-state index in [4.69, 9.17) is 9.72 Å². The fourth-order valence-electron chi connectivity index (χ4n) is 4.98. The average molecular weight is 466 g/mol.